The molecule has 0 saturated heterocycles. The highest BCUT2D eigenvalue weighted by atomic mass is 19.1. The summed E-state index contributed by atoms with van der Waals surface area (Å²) in [6.45, 7) is 1.91. The van der Waals surface area contributed by atoms with Crippen molar-refractivity contribution >= 4 is 11.6 Å². The summed E-state index contributed by atoms with van der Waals surface area (Å²) in [5.74, 6) is -0.0795. The van der Waals surface area contributed by atoms with Gasteiger partial charge in [-0.15, -0.1) is 0 Å². The van der Waals surface area contributed by atoms with Gasteiger partial charge in [-0.25, -0.2) is 13.8 Å². The lowest BCUT2D eigenvalue weighted by atomic mass is 10.2. The van der Waals surface area contributed by atoms with Crippen LogP contribution in [0.3, 0.4) is 0 Å². The number of hydrogen-bond donors (Lipinski definition) is 1. The highest BCUT2D eigenvalue weighted by molar-refractivity contribution is 5.47. The molecule has 20 heavy (non-hydrogen) atoms. The van der Waals surface area contributed by atoms with Crippen molar-refractivity contribution < 1.29 is 8.78 Å². The molecule has 0 saturated carbocycles. The third kappa shape index (κ3) is 2.74. The van der Waals surface area contributed by atoms with Crippen LogP contribution in [-0.2, 0) is 13.6 Å². The Morgan fingerprint density at radius 1 is 1.25 bits per heavy atom. The fraction of sp³-hybridized carbons (Fsp3) is 0.357. The number of aryl methyl sites for hydroxylation is 1. The monoisotopic (exact) mass is 280 g/mol. The zero-order valence-electron chi connectivity index (χ0n) is 12.0. The molecule has 0 fully saturated rings. The molecule has 1 aromatic heterocycles. The Kier molecular flexibility index (Phi) is 3.92. The number of nitrogens with zero attached hydrogens (tertiary/aromatic N) is 3. The van der Waals surface area contributed by atoms with Crippen molar-refractivity contribution in [2.45, 2.75) is 13.5 Å². The number of anilines is 2. The third-order valence-corrected chi connectivity index (χ3v) is 3.17. The van der Waals surface area contributed by atoms with Crippen molar-refractivity contribution in [2.75, 3.05) is 24.3 Å². The number of benzene rings is 1. The van der Waals surface area contributed by atoms with Gasteiger partial charge in [0, 0.05) is 27.2 Å². The van der Waals surface area contributed by atoms with Gasteiger partial charge in [0.2, 0.25) is 5.95 Å². The van der Waals surface area contributed by atoms with Crippen LogP contribution in [0.15, 0.2) is 18.3 Å². The van der Waals surface area contributed by atoms with Crippen molar-refractivity contribution in [3.05, 3.63) is 41.2 Å². The Bertz CT molecular complexity index is 620. The molecule has 2 rings (SSSR count). The second kappa shape index (κ2) is 5.48. The van der Waals surface area contributed by atoms with Crippen LogP contribution in [-0.4, -0.2) is 23.6 Å². The first-order valence-corrected chi connectivity index (χ1v) is 6.27. The van der Waals surface area contributed by atoms with Gasteiger partial charge in [-0.1, -0.05) is 0 Å². The molecule has 2 aromatic rings. The van der Waals surface area contributed by atoms with Gasteiger partial charge in [-0.05, 0) is 18.6 Å². The van der Waals surface area contributed by atoms with Crippen molar-refractivity contribution in [1.29, 1.82) is 0 Å². The summed E-state index contributed by atoms with van der Waals surface area (Å²) in [5.41, 5.74) is 1.33. The zero-order valence-corrected chi connectivity index (χ0v) is 12.0. The smallest absolute Gasteiger partial charge is 0.204 e. The van der Waals surface area contributed by atoms with E-state index in [1.54, 1.807) is 6.20 Å². The molecule has 0 spiro atoms. The minimum absolute atomic E-state index is 0.153. The maximum absolute atomic E-state index is 13.7. The normalized spacial score (nSPS) is 10.7. The van der Waals surface area contributed by atoms with E-state index in [0.717, 1.165) is 11.6 Å². The number of aromatic nitrogens is 2. The van der Waals surface area contributed by atoms with Gasteiger partial charge in [-0.2, -0.15) is 0 Å². The summed E-state index contributed by atoms with van der Waals surface area (Å²) < 4.78 is 29.0. The standard InChI is InChI=1S/C14H18F2N4/c1-9-5-12(16)13(6-11(9)15)17-7-10-8-18-14(19(2)3)20(10)4/h5-6,8,17H,7H2,1-4H3. The van der Waals surface area contributed by atoms with E-state index in [0.29, 0.717) is 12.1 Å². The zero-order chi connectivity index (χ0) is 14.9. The minimum atomic E-state index is -0.459. The maximum atomic E-state index is 13.7. The number of imidazole rings is 1. The van der Waals surface area contributed by atoms with Gasteiger partial charge < -0.3 is 14.8 Å². The van der Waals surface area contributed by atoms with Crippen LogP contribution >= 0.6 is 0 Å². The molecule has 0 amide bonds. The first kappa shape index (κ1) is 14.3. The lowest BCUT2D eigenvalue weighted by molar-refractivity contribution is 0.594. The van der Waals surface area contributed by atoms with Crippen LogP contribution in [0.5, 0.6) is 0 Å². The molecule has 4 nitrogen and oxygen atoms in total. The first-order chi connectivity index (χ1) is 9.40. The molecule has 0 aliphatic rings. The van der Waals surface area contributed by atoms with E-state index in [1.807, 2.05) is 30.6 Å². The fourth-order valence-electron chi connectivity index (χ4n) is 1.98. The molecule has 0 aliphatic heterocycles. The molecule has 0 radical (unpaired) electrons. The van der Waals surface area contributed by atoms with Gasteiger partial charge in [0.15, 0.2) is 0 Å². The summed E-state index contributed by atoms with van der Waals surface area (Å²) in [4.78, 5) is 6.15. The lowest BCUT2D eigenvalue weighted by Gasteiger charge is -2.13. The quantitative estimate of drug-likeness (QED) is 0.934. The molecular weight excluding hydrogens is 262 g/mol. The highest BCUT2D eigenvalue weighted by Gasteiger charge is 2.10. The van der Waals surface area contributed by atoms with E-state index in [4.69, 9.17) is 0 Å². The average Bonchev–Trinajstić information content (AvgIpc) is 2.74. The molecule has 1 aromatic carbocycles. The van der Waals surface area contributed by atoms with Gasteiger partial charge >= 0.3 is 0 Å². The molecule has 0 unspecified atom stereocenters. The summed E-state index contributed by atoms with van der Waals surface area (Å²) in [5, 5.41) is 2.90. The van der Waals surface area contributed by atoms with Gasteiger partial charge in [0.1, 0.15) is 11.6 Å². The third-order valence-electron chi connectivity index (χ3n) is 3.17. The molecular formula is C14H18F2N4. The number of nitrogens with one attached hydrogen (secondary N) is 1. The predicted octanol–water partition coefficient (Wildman–Crippen LogP) is 2.68. The largest absolute Gasteiger partial charge is 0.377 e. The number of rotatable bonds is 4. The predicted molar refractivity (Wildman–Crippen MR) is 76.0 cm³/mol. The highest BCUT2D eigenvalue weighted by Crippen LogP contribution is 2.20. The Hall–Kier alpha value is -2.11. The number of hydrogen-bond acceptors (Lipinski definition) is 3. The summed E-state index contributed by atoms with van der Waals surface area (Å²) in [6, 6.07) is 2.36. The van der Waals surface area contributed by atoms with Crippen LogP contribution in [0, 0.1) is 18.6 Å². The van der Waals surface area contributed by atoms with Crippen LogP contribution in [0.1, 0.15) is 11.3 Å². The molecule has 0 aliphatic carbocycles. The van der Waals surface area contributed by atoms with Gasteiger partial charge in [-0.3, -0.25) is 0 Å². The Balaban J connectivity index is 2.15. The van der Waals surface area contributed by atoms with Gasteiger partial charge in [0.25, 0.3) is 0 Å². The topological polar surface area (TPSA) is 33.1 Å². The molecule has 6 heteroatoms. The summed E-state index contributed by atoms with van der Waals surface area (Å²) in [6.07, 6.45) is 1.71. The van der Waals surface area contributed by atoms with Crippen LogP contribution in [0.4, 0.5) is 20.4 Å². The van der Waals surface area contributed by atoms with E-state index in [9.17, 15) is 8.78 Å². The maximum Gasteiger partial charge on any atom is 0.204 e. The SMILES string of the molecule is Cc1cc(F)c(NCc2cnc(N(C)C)n2C)cc1F. The number of halogens is 2. The molecule has 108 valence electrons. The van der Waals surface area contributed by atoms with E-state index in [1.165, 1.54) is 19.1 Å². The average molecular weight is 280 g/mol. The van der Waals surface area contributed by atoms with Crippen LogP contribution < -0.4 is 10.2 Å². The fourth-order valence-corrected chi connectivity index (χ4v) is 1.98. The second-order valence-corrected chi connectivity index (χ2v) is 4.94. The lowest BCUT2D eigenvalue weighted by Crippen LogP contribution is -2.15. The minimum Gasteiger partial charge on any atom is -0.377 e. The Morgan fingerprint density at radius 3 is 2.55 bits per heavy atom. The van der Waals surface area contributed by atoms with E-state index in [-0.39, 0.29) is 5.69 Å². The van der Waals surface area contributed by atoms with Crippen molar-refractivity contribution in [1.82, 2.24) is 9.55 Å². The Labute approximate surface area is 117 Å². The van der Waals surface area contributed by atoms with Crippen molar-refractivity contribution in [3.8, 4) is 0 Å². The van der Waals surface area contributed by atoms with E-state index >= 15 is 0 Å². The van der Waals surface area contributed by atoms with Crippen LogP contribution in [0.25, 0.3) is 0 Å². The molecule has 0 atom stereocenters. The van der Waals surface area contributed by atoms with E-state index in [2.05, 4.69) is 10.3 Å². The van der Waals surface area contributed by atoms with Crippen LogP contribution in [0.2, 0.25) is 0 Å². The first-order valence-electron chi connectivity index (χ1n) is 6.27. The molecule has 0 bridgehead atoms. The van der Waals surface area contributed by atoms with Crippen molar-refractivity contribution in [2.24, 2.45) is 7.05 Å². The van der Waals surface area contributed by atoms with Crippen molar-refractivity contribution in [3.63, 3.8) is 0 Å². The summed E-state index contributed by atoms with van der Waals surface area (Å²) in [7, 11) is 5.68. The van der Waals surface area contributed by atoms with E-state index < -0.39 is 11.6 Å². The second-order valence-electron chi connectivity index (χ2n) is 4.94. The summed E-state index contributed by atoms with van der Waals surface area (Å²) >= 11 is 0. The molecule has 1 N–H and O–H groups in total. The van der Waals surface area contributed by atoms with Gasteiger partial charge in [0.05, 0.1) is 24.1 Å². The Morgan fingerprint density at radius 2 is 1.95 bits per heavy atom. The molecule has 1 heterocycles.